The molecule has 2 rings (SSSR count). The molecule has 0 bridgehead atoms. The van der Waals surface area contributed by atoms with Crippen LogP contribution in [0.4, 0.5) is 0 Å². The molecular formula is C16H22N2O3. The number of nitrogens with zero attached hydrogens (tertiary/aromatic N) is 1. The predicted molar refractivity (Wildman–Crippen MR) is 79.9 cm³/mol. The topological polar surface area (TPSA) is 58.6 Å². The molecule has 0 aromatic heterocycles. The minimum atomic E-state index is -0.207. The molecule has 1 aromatic carbocycles. The summed E-state index contributed by atoms with van der Waals surface area (Å²) in [5.74, 6) is 0.654. The molecule has 0 spiro atoms. The number of nitrogens with one attached hydrogen (secondary N) is 1. The summed E-state index contributed by atoms with van der Waals surface area (Å²) in [6.45, 7) is 2.55. The van der Waals surface area contributed by atoms with Crippen LogP contribution in [0.3, 0.4) is 0 Å². The van der Waals surface area contributed by atoms with Crippen molar-refractivity contribution in [2.75, 3.05) is 20.7 Å². The Labute approximate surface area is 125 Å². The number of hydrogen-bond acceptors (Lipinski definition) is 3. The highest BCUT2D eigenvalue weighted by atomic mass is 16.5. The normalized spacial score (nSPS) is 22.0. The molecule has 1 aromatic rings. The predicted octanol–water partition coefficient (Wildman–Crippen LogP) is 1.74. The zero-order chi connectivity index (χ0) is 15.4. The van der Waals surface area contributed by atoms with E-state index >= 15 is 0 Å². The average molecular weight is 290 g/mol. The molecule has 114 valence electrons. The van der Waals surface area contributed by atoms with Crippen molar-refractivity contribution in [3.8, 4) is 5.75 Å². The molecule has 1 heterocycles. The van der Waals surface area contributed by atoms with Gasteiger partial charge in [0.2, 0.25) is 11.8 Å². The van der Waals surface area contributed by atoms with Gasteiger partial charge in [-0.05, 0) is 31.0 Å². The third-order valence-corrected chi connectivity index (χ3v) is 4.09. The van der Waals surface area contributed by atoms with Gasteiger partial charge in [0, 0.05) is 20.0 Å². The van der Waals surface area contributed by atoms with Crippen LogP contribution in [0.25, 0.3) is 0 Å². The van der Waals surface area contributed by atoms with E-state index in [-0.39, 0.29) is 23.8 Å². The van der Waals surface area contributed by atoms with Gasteiger partial charge in [-0.25, -0.2) is 0 Å². The van der Waals surface area contributed by atoms with Crippen LogP contribution in [0.15, 0.2) is 24.3 Å². The number of amides is 2. The van der Waals surface area contributed by atoms with Crippen LogP contribution in [-0.2, 0) is 9.59 Å². The van der Waals surface area contributed by atoms with Crippen molar-refractivity contribution in [3.63, 3.8) is 0 Å². The maximum absolute atomic E-state index is 12.2. The van der Waals surface area contributed by atoms with Crippen LogP contribution in [-0.4, -0.2) is 37.4 Å². The largest absolute Gasteiger partial charge is 0.497 e. The standard InChI is InChI=1S/C16H22N2O3/c1-4-18-14(19)10-9-13(16(20)17-2)15(18)11-5-7-12(21-3)8-6-11/h5-8,13,15H,4,9-10H2,1-3H3,(H,17,20)/t13-,15+/m1/s1. The Hall–Kier alpha value is -2.04. The Balaban J connectivity index is 2.38. The molecule has 21 heavy (non-hydrogen) atoms. The Bertz CT molecular complexity index is 513. The summed E-state index contributed by atoms with van der Waals surface area (Å²) in [5, 5.41) is 2.71. The molecule has 0 saturated carbocycles. The van der Waals surface area contributed by atoms with Gasteiger partial charge in [0.15, 0.2) is 0 Å². The van der Waals surface area contributed by atoms with Crippen LogP contribution < -0.4 is 10.1 Å². The molecule has 5 nitrogen and oxygen atoms in total. The van der Waals surface area contributed by atoms with Crippen LogP contribution in [0, 0.1) is 5.92 Å². The van der Waals surface area contributed by atoms with Crippen LogP contribution in [0.2, 0.25) is 0 Å². The van der Waals surface area contributed by atoms with Gasteiger partial charge in [-0.1, -0.05) is 12.1 Å². The average Bonchev–Trinajstić information content (AvgIpc) is 2.53. The number of carbonyl (C=O) groups is 2. The number of ether oxygens (including phenoxy) is 1. The van der Waals surface area contributed by atoms with Gasteiger partial charge in [-0.15, -0.1) is 0 Å². The smallest absolute Gasteiger partial charge is 0.225 e. The minimum Gasteiger partial charge on any atom is -0.497 e. The SMILES string of the molecule is CCN1C(=O)CC[C@@H](C(=O)NC)[C@@H]1c1ccc(OC)cc1. The van der Waals surface area contributed by atoms with E-state index in [1.54, 1.807) is 19.1 Å². The fourth-order valence-corrected chi connectivity index (χ4v) is 3.00. The number of rotatable bonds is 4. The van der Waals surface area contributed by atoms with E-state index in [9.17, 15) is 9.59 Å². The second-order valence-corrected chi connectivity index (χ2v) is 5.16. The fraction of sp³-hybridized carbons (Fsp3) is 0.500. The van der Waals surface area contributed by atoms with Gasteiger partial charge in [0.25, 0.3) is 0 Å². The fourth-order valence-electron chi connectivity index (χ4n) is 3.00. The number of benzene rings is 1. The molecule has 0 unspecified atom stereocenters. The van der Waals surface area contributed by atoms with Crippen molar-refractivity contribution in [1.29, 1.82) is 0 Å². The van der Waals surface area contributed by atoms with Crippen molar-refractivity contribution < 1.29 is 14.3 Å². The van der Waals surface area contributed by atoms with E-state index in [4.69, 9.17) is 4.74 Å². The van der Waals surface area contributed by atoms with Gasteiger partial charge < -0.3 is 15.0 Å². The molecule has 0 aliphatic carbocycles. The van der Waals surface area contributed by atoms with Crippen molar-refractivity contribution >= 4 is 11.8 Å². The van der Waals surface area contributed by atoms with Gasteiger partial charge in [-0.2, -0.15) is 0 Å². The lowest BCUT2D eigenvalue weighted by molar-refractivity contribution is -0.143. The van der Waals surface area contributed by atoms with E-state index in [2.05, 4.69) is 5.32 Å². The third kappa shape index (κ3) is 3.01. The number of likely N-dealkylation sites (tertiary alicyclic amines) is 1. The van der Waals surface area contributed by atoms with Gasteiger partial charge >= 0.3 is 0 Å². The molecule has 1 aliphatic rings. The van der Waals surface area contributed by atoms with Crippen LogP contribution in [0.1, 0.15) is 31.4 Å². The van der Waals surface area contributed by atoms with Crippen molar-refractivity contribution in [2.45, 2.75) is 25.8 Å². The molecule has 1 fully saturated rings. The van der Waals surface area contributed by atoms with Gasteiger partial charge in [-0.3, -0.25) is 9.59 Å². The zero-order valence-corrected chi connectivity index (χ0v) is 12.8. The Morgan fingerprint density at radius 2 is 2.05 bits per heavy atom. The van der Waals surface area contributed by atoms with Crippen molar-refractivity contribution in [2.24, 2.45) is 5.92 Å². The molecular weight excluding hydrogens is 268 g/mol. The van der Waals surface area contributed by atoms with Gasteiger partial charge in [0.1, 0.15) is 5.75 Å². The first-order chi connectivity index (χ1) is 10.1. The molecule has 0 radical (unpaired) electrons. The second kappa shape index (κ2) is 6.61. The molecule has 2 atom stereocenters. The van der Waals surface area contributed by atoms with Gasteiger partial charge in [0.05, 0.1) is 19.1 Å². The summed E-state index contributed by atoms with van der Waals surface area (Å²) in [5.41, 5.74) is 0.972. The number of methoxy groups -OCH3 is 1. The van der Waals surface area contributed by atoms with E-state index < -0.39 is 0 Å². The first kappa shape index (κ1) is 15.4. The van der Waals surface area contributed by atoms with Crippen molar-refractivity contribution in [1.82, 2.24) is 10.2 Å². The minimum absolute atomic E-state index is 0.0123. The van der Waals surface area contributed by atoms with Crippen LogP contribution in [0.5, 0.6) is 5.75 Å². The maximum atomic E-state index is 12.2. The van der Waals surface area contributed by atoms with E-state index in [1.165, 1.54) is 0 Å². The summed E-state index contributed by atoms with van der Waals surface area (Å²) in [6, 6.07) is 7.38. The lowest BCUT2D eigenvalue weighted by Gasteiger charge is -2.40. The molecule has 1 N–H and O–H groups in total. The summed E-state index contributed by atoms with van der Waals surface area (Å²) in [6.07, 6.45) is 1.02. The molecule has 1 aliphatic heterocycles. The lowest BCUT2D eigenvalue weighted by atomic mass is 9.83. The molecule has 2 amide bonds. The zero-order valence-electron chi connectivity index (χ0n) is 12.8. The Morgan fingerprint density at radius 1 is 1.38 bits per heavy atom. The Kier molecular flexibility index (Phi) is 4.83. The highest BCUT2D eigenvalue weighted by Crippen LogP contribution is 2.37. The first-order valence-corrected chi connectivity index (χ1v) is 7.27. The first-order valence-electron chi connectivity index (χ1n) is 7.27. The lowest BCUT2D eigenvalue weighted by Crippen LogP contribution is -2.47. The second-order valence-electron chi connectivity index (χ2n) is 5.16. The number of piperidine rings is 1. The maximum Gasteiger partial charge on any atom is 0.225 e. The van der Waals surface area contributed by atoms with Crippen LogP contribution >= 0.6 is 0 Å². The van der Waals surface area contributed by atoms with E-state index in [1.807, 2.05) is 31.2 Å². The quantitative estimate of drug-likeness (QED) is 0.919. The highest BCUT2D eigenvalue weighted by molar-refractivity contribution is 5.84. The monoisotopic (exact) mass is 290 g/mol. The summed E-state index contributed by atoms with van der Waals surface area (Å²) in [4.78, 5) is 26.1. The molecule has 5 heteroatoms. The third-order valence-electron chi connectivity index (χ3n) is 4.09. The van der Waals surface area contributed by atoms with Crippen molar-refractivity contribution in [3.05, 3.63) is 29.8 Å². The summed E-state index contributed by atoms with van der Waals surface area (Å²) < 4.78 is 5.17. The number of carbonyl (C=O) groups excluding carboxylic acids is 2. The van der Waals surface area contributed by atoms with E-state index in [0.717, 1.165) is 11.3 Å². The van der Waals surface area contributed by atoms with E-state index in [0.29, 0.717) is 19.4 Å². The highest BCUT2D eigenvalue weighted by Gasteiger charge is 2.39. The molecule has 1 saturated heterocycles. The Morgan fingerprint density at radius 3 is 2.57 bits per heavy atom. The summed E-state index contributed by atoms with van der Waals surface area (Å²) in [7, 11) is 3.25. The summed E-state index contributed by atoms with van der Waals surface area (Å²) >= 11 is 0. The number of hydrogen-bond donors (Lipinski definition) is 1.